The van der Waals surface area contributed by atoms with Crippen molar-refractivity contribution in [3.63, 3.8) is 0 Å². The van der Waals surface area contributed by atoms with Gasteiger partial charge in [-0.3, -0.25) is 9.59 Å². The number of hydrogen-bond acceptors (Lipinski definition) is 2. The van der Waals surface area contributed by atoms with Crippen molar-refractivity contribution in [1.29, 1.82) is 0 Å². The predicted octanol–water partition coefficient (Wildman–Crippen LogP) is 0.517. The molecule has 0 saturated heterocycles. The third kappa shape index (κ3) is 2.99. The van der Waals surface area contributed by atoms with Crippen LogP contribution in [0.2, 0.25) is 0 Å². The number of terminal acetylenes is 1. The number of H-pyrrole nitrogens is 1. The van der Waals surface area contributed by atoms with Crippen molar-refractivity contribution >= 4 is 5.91 Å². The van der Waals surface area contributed by atoms with Crippen LogP contribution in [0.3, 0.4) is 0 Å². The van der Waals surface area contributed by atoms with Gasteiger partial charge < -0.3 is 10.3 Å². The second kappa shape index (κ2) is 4.01. The van der Waals surface area contributed by atoms with Crippen LogP contribution in [0.1, 0.15) is 24.3 Å². The Kier molecular flexibility index (Phi) is 2.96. The maximum atomic E-state index is 11.6. The fourth-order valence-electron chi connectivity index (χ4n) is 0.967. The number of hydrogen-bond donors (Lipinski definition) is 2. The summed E-state index contributed by atoms with van der Waals surface area (Å²) in [6.07, 6.45) is 5.23. The molecule has 1 heterocycles. The highest BCUT2D eigenvalue weighted by atomic mass is 16.2. The number of amides is 1. The molecule has 2 N–H and O–H groups in total. The van der Waals surface area contributed by atoms with Crippen molar-refractivity contribution < 1.29 is 4.79 Å². The molecule has 0 atom stereocenters. The number of nitrogens with one attached hydrogen (secondary N) is 2. The average Bonchev–Trinajstić information content (AvgIpc) is 2.17. The van der Waals surface area contributed by atoms with Gasteiger partial charge in [0.15, 0.2) is 0 Å². The van der Waals surface area contributed by atoms with Gasteiger partial charge >= 0.3 is 0 Å². The van der Waals surface area contributed by atoms with E-state index >= 15 is 0 Å². The molecule has 0 aromatic carbocycles. The highest BCUT2D eigenvalue weighted by Crippen LogP contribution is 2.01. The zero-order valence-corrected chi connectivity index (χ0v) is 8.63. The van der Waals surface area contributed by atoms with Gasteiger partial charge in [-0.2, -0.15) is 0 Å². The summed E-state index contributed by atoms with van der Waals surface area (Å²) in [4.78, 5) is 25.0. The number of rotatable bonds is 2. The van der Waals surface area contributed by atoms with Gasteiger partial charge in [-0.1, -0.05) is 12.0 Å². The molecule has 4 nitrogen and oxygen atoms in total. The highest BCUT2D eigenvalue weighted by Gasteiger charge is 2.18. The lowest BCUT2D eigenvalue weighted by Crippen LogP contribution is -2.42. The summed E-state index contributed by atoms with van der Waals surface area (Å²) in [7, 11) is 0. The van der Waals surface area contributed by atoms with E-state index < -0.39 is 11.4 Å². The lowest BCUT2D eigenvalue weighted by atomic mass is 10.1. The van der Waals surface area contributed by atoms with E-state index in [1.165, 1.54) is 18.2 Å². The second-order valence-corrected chi connectivity index (χ2v) is 3.65. The lowest BCUT2D eigenvalue weighted by molar-refractivity contribution is 0.0924. The Bertz CT molecular complexity index is 466. The number of carbonyl (C=O) groups is 1. The van der Waals surface area contributed by atoms with E-state index in [2.05, 4.69) is 16.2 Å². The average molecular weight is 204 g/mol. The van der Waals surface area contributed by atoms with Crippen molar-refractivity contribution in [2.75, 3.05) is 0 Å². The Labute approximate surface area is 87.7 Å². The molecule has 1 aromatic heterocycles. The first-order chi connectivity index (χ1) is 6.94. The third-order valence-corrected chi connectivity index (χ3v) is 1.80. The molecule has 78 valence electrons. The summed E-state index contributed by atoms with van der Waals surface area (Å²) < 4.78 is 0. The summed E-state index contributed by atoms with van der Waals surface area (Å²) in [5.74, 6) is 2.04. The van der Waals surface area contributed by atoms with Crippen LogP contribution in [-0.4, -0.2) is 16.4 Å². The minimum atomic E-state index is -0.732. The molecule has 0 aliphatic rings. The van der Waals surface area contributed by atoms with Crippen LogP contribution < -0.4 is 10.9 Å². The monoisotopic (exact) mass is 204 g/mol. The summed E-state index contributed by atoms with van der Waals surface area (Å²) in [5, 5.41) is 2.60. The van der Waals surface area contributed by atoms with E-state index in [9.17, 15) is 9.59 Å². The molecule has 0 spiro atoms. The molecule has 0 saturated carbocycles. The lowest BCUT2D eigenvalue weighted by Gasteiger charge is -2.19. The fraction of sp³-hybridized carbons (Fsp3) is 0.273. The van der Waals surface area contributed by atoms with Crippen molar-refractivity contribution in [2.24, 2.45) is 0 Å². The van der Waals surface area contributed by atoms with Crippen molar-refractivity contribution in [1.82, 2.24) is 10.3 Å². The largest absolute Gasteiger partial charge is 0.335 e. The smallest absolute Gasteiger partial charge is 0.268 e. The van der Waals surface area contributed by atoms with Crippen molar-refractivity contribution in [3.8, 4) is 12.3 Å². The van der Waals surface area contributed by atoms with Crippen molar-refractivity contribution in [2.45, 2.75) is 19.4 Å². The summed E-state index contributed by atoms with van der Waals surface area (Å²) >= 11 is 0. The standard InChI is InChI=1S/C11H12N2O2/c1-4-11(2,3)13-10(15)8-6-5-7-9(14)12-8/h1,5-7H,2-3H3,(H,12,14)(H,13,15). The molecule has 0 fully saturated rings. The zero-order valence-electron chi connectivity index (χ0n) is 8.63. The highest BCUT2D eigenvalue weighted by molar-refractivity contribution is 5.92. The minimum absolute atomic E-state index is 0.200. The SMILES string of the molecule is C#CC(C)(C)NC(=O)c1cccc(=O)[nH]1. The fourth-order valence-corrected chi connectivity index (χ4v) is 0.967. The Morgan fingerprint density at radius 3 is 2.73 bits per heavy atom. The normalized spacial score (nSPS) is 10.5. The molecule has 0 radical (unpaired) electrons. The number of carbonyl (C=O) groups excluding carboxylic acids is 1. The van der Waals surface area contributed by atoms with Gasteiger partial charge in [0, 0.05) is 6.07 Å². The Morgan fingerprint density at radius 2 is 2.20 bits per heavy atom. The van der Waals surface area contributed by atoms with Crippen molar-refractivity contribution in [3.05, 3.63) is 34.2 Å². The topological polar surface area (TPSA) is 62.0 Å². The molecule has 4 heteroatoms. The van der Waals surface area contributed by atoms with Crippen LogP contribution >= 0.6 is 0 Å². The molecular weight excluding hydrogens is 192 g/mol. The van der Waals surface area contributed by atoms with Crippen LogP contribution in [0, 0.1) is 12.3 Å². The van der Waals surface area contributed by atoms with E-state index in [0.29, 0.717) is 0 Å². The maximum absolute atomic E-state index is 11.6. The molecule has 0 aliphatic heterocycles. The molecule has 0 aliphatic carbocycles. The molecule has 1 rings (SSSR count). The van der Waals surface area contributed by atoms with Gasteiger partial charge in [-0.05, 0) is 19.9 Å². The predicted molar refractivity (Wildman–Crippen MR) is 57.4 cm³/mol. The van der Waals surface area contributed by atoms with E-state index in [-0.39, 0.29) is 11.3 Å². The van der Waals surface area contributed by atoms with E-state index in [1.54, 1.807) is 13.8 Å². The summed E-state index contributed by atoms with van der Waals surface area (Å²) in [5.41, 5.74) is -0.851. The molecule has 1 aromatic rings. The maximum Gasteiger partial charge on any atom is 0.268 e. The van der Waals surface area contributed by atoms with Crippen LogP contribution in [0.4, 0.5) is 0 Å². The third-order valence-electron chi connectivity index (χ3n) is 1.80. The molecule has 15 heavy (non-hydrogen) atoms. The van der Waals surface area contributed by atoms with Crippen LogP contribution in [-0.2, 0) is 0 Å². The minimum Gasteiger partial charge on any atom is -0.335 e. The van der Waals surface area contributed by atoms with Gasteiger partial charge in [-0.15, -0.1) is 6.42 Å². The van der Waals surface area contributed by atoms with Gasteiger partial charge in [0.2, 0.25) is 5.56 Å². The summed E-state index contributed by atoms with van der Waals surface area (Å²) in [6, 6.07) is 4.36. The van der Waals surface area contributed by atoms with Gasteiger partial charge in [0.25, 0.3) is 5.91 Å². The Hall–Kier alpha value is -2.02. The van der Waals surface area contributed by atoms with E-state index in [4.69, 9.17) is 6.42 Å². The van der Waals surface area contributed by atoms with Gasteiger partial charge in [0.05, 0.1) is 5.54 Å². The molecule has 0 unspecified atom stereocenters. The van der Waals surface area contributed by atoms with Gasteiger partial charge in [-0.25, -0.2) is 0 Å². The number of pyridine rings is 1. The quantitative estimate of drug-likeness (QED) is 0.690. The molecule has 0 bridgehead atoms. The zero-order chi connectivity index (χ0) is 11.5. The van der Waals surface area contributed by atoms with E-state index in [1.807, 2.05) is 0 Å². The number of aromatic amines is 1. The molecular formula is C11H12N2O2. The molecule has 1 amide bonds. The van der Waals surface area contributed by atoms with E-state index in [0.717, 1.165) is 0 Å². The van der Waals surface area contributed by atoms with Crippen LogP contribution in [0.25, 0.3) is 0 Å². The Morgan fingerprint density at radius 1 is 1.53 bits per heavy atom. The second-order valence-electron chi connectivity index (χ2n) is 3.65. The Balaban J connectivity index is 2.89. The summed E-state index contributed by atoms with van der Waals surface area (Å²) in [6.45, 7) is 3.40. The number of aromatic nitrogens is 1. The van der Waals surface area contributed by atoms with Crippen LogP contribution in [0.15, 0.2) is 23.0 Å². The van der Waals surface area contributed by atoms with Gasteiger partial charge in [0.1, 0.15) is 5.69 Å². The van der Waals surface area contributed by atoms with Crippen LogP contribution in [0.5, 0.6) is 0 Å². The first-order valence-corrected chi connectivity index (χ1v) is 4.44. The first-order valence-electron chi connectivity index (χ1n) is 4.44. The first kappa shape index (κ1) is 11.1.